The van der Waals surface area contributed by atoms with Gasteiger partial charge in [-0.25, -0.2) is 5.43 Å². The highest BCUT2D eigenvalue weighted by atomic mass is 15.3. The van der Waals surface area contributed by atoms with Crippen molar-refractivity contribution in [2.24, 2.45) is 5.84 Å². The van der Waals surface area contributed by atoms with E-state index in [4.69, 9.17) is 5.84 Å². The van der Waals surface area contributed by atoms with Crippen LogP contribution in [0, 0.1) is 0 Å². The molecular formula is C21H20N2. The zero-order chi connectivity index (χ0) is 16.4. The first-order chi connectivity index (χ1) is 11.2. The lowest BCUT2D eigenvalue weighted by Gasteiger charge is -2.33. The van der Waals surface area contributed by atoms with Gasteiger partial charge >= 0.3 is 0 Å². The van der Waals surface area contributed by atoms with Crippen molar-refractivity contribution in [3.05, 3.63) is 97.6 Å². The Hall–Kier alpha value is -2.68. The van der Waals surface area contributed by atoms with E-state index in [1.807, 2.05) is 18.2 Å². The number of benzene rings is 3. The summed E-state index contributed by atoms with van der Waals surface area (Å²) in [6.07, 6.45) is 3.50. The van der Waals surface area contributed by atoms with Gasteiger partial charge in [-0.1, -0.05) is 73.8 Å². The van der Waals surface area contributed by atoms with Gasteiger partial charge in [0, 0.05) is 0 Å². The monoisotopic (exact) mass is 300 g/mol. The molecular weight excluding hydrogens is 280 g/mol. The maximum absolute atomic E-state index is 5.93. The molecule has 0 aliphatic heterocycles. The predicted molar refractivity (Wildman–Crippen MR) is 100.0 cm³/mol. The Kier molecular flexibility index (Phi) is 3.87. The molecule has 3 aromatic carbocycles. The Labute approximate surface area is 136 Å². The molecule has 0 saturated heterocycles. The number of nitrogens with one attached hydrogen (secondary N) is 1. The Morgan fingerprint density at radius 3 is 2.17 bits per heavy atom. The van der Waals surface area contributed by atoms with Gasteiger partial charge in [-0.3, -0.25) is 5.84 Å². The molecule has 0 spiro atoms. The molecule has 0 heterocycles. The van der Waals surface area contributed by atoms with Crippen LogP contribution in [0.5, 0.6) is 0 Å². The fourth-order valence-electron chi connectivity index (χ4n) is 3.18. The van der Waals surface area contributed by atoms with E-state index in [1.165, 1.54) is 10.8 Å². The SMILES string of the molecule is C=CC(=C)C(C=C)(NN)c1cc2ccccc2c2ccccc12. The highest BCUT2D eigenvalue weighted by Crippen LogP contribution is 2.38. The number of rotatable bonds is 5. The molecule has 0 aliphatic carbocycles. The summed E-state index contributed by atoms with van der Waals surface area (Å²) in [5, 5.41) is 4.66. The minimum atomic E-state index is -0.759. The van der Waals surface area contributed by atoms with Crippen LogP contribution < -0.4 is 11.3 Å². The van der Waals surface area contributed by atoms with Gasteiger partial charge in [-0.2, -0.15) is 0 Å². The van der Waals surface area contributed by atoms with E-state index < -0.39 is 5.54 Å². The average molecular weight is 300 g/mol. The Balaban J connectivity index is 2.50. The smallest absolute Gasteiger partial charge is 0.0998 e. The zero-order valence-electron chi connectivity index (χ0n) is 13.0. The van der Waals surface area contributed by atoms with Crippen LogP contribution in [0.15, 0.2) is 92.1 Å². The molecule has 0 aliphatic rings. The molecule has 0 radical (unpaired) electrons. The van der Waals surface area contributed by atoms with Crippen LogP contribution in [0.4, 0.5) is 0 Å². The highest BCUT2D eigenvalue weighted by Gasteiger charge is 2.31. The molecule has 1 atom stereocenters. The molecule has 1 unspecified atom stereocenters. The molecule has 3 rings (SSSR count). The molecule has 3 N–H and O–H groups in total. The summed E-state index contributed by atoms with van der Waals surface area (Å²) in [6, 6.07) is 18.8. The average Bonchev–Trinajstić information content (AvgIpc) is 2.63. The first-order valence-corrected chi connectivity index (χ1v) is 7.52. The van der Waals surface area contributed by atoms with Crippen molar-refractivity contribution in [1.82, 2.24) is 5.43 Å². The second-order valence-corrected chi connectivity index (χ2v) is 5.58. The molecule has 2 heteroatoms. The molecule has 3 aromatic rings. The summed E-state index contributed by atoms with van der Waals surface area (Å²) < 4.78 is 0. The van der Waals surface area contributed by atoms with Gasteiger partial charge in [-0.15, -0.1) is 6.58 Å². The van der Waals surface area contributed by atoms with Gasteiger partial charge in [0.15, 0.2) is 0 Å². The molecule has 2 nitrogen and oxygen atoms in total. The second-order valence-electron chi connectivity index (χ2n) is 5.58. The number of nitrogens with two attached hydrogens (primary N) is 1. The number of hydrazine groups is 1. The van der Waals surface area contributed by atoms with Gasteiger partial charge in [-0.05, 0) is 38.7 Å². The molecule has 23 heavy (non-hydrogen) atoms. The minimum absolute atomic E-state index is 0.759. The molecule has 0 amide bonds. The topological polar surface area (TPSA) is 38.0 Å². The van der Waals surface area contributed by atoms with E-state index >= 15 is 0 Å². The van der Waals surface area contributed by atoms with Crippen molar-refractivity contribution in [2.45, 2.75) is 5.54 Å². The lowest BCUT2D eigenvalue weighted by atomic mass is 9.80. The third-order valence-corrected chi connectivity index (χ3v) is 4.48. The van der Waals surface area contributed by atoms with Gasteiger partial charge in [0.1, 0.15) is 0 Å². The molecule has 0 aromatic heterocycles. The van der Waals surface area contributed by atoms with Crippen LogP contribution in [0.1, 0.15) is 5.56 Å². The first kappa shape index (κ1) is 15.2. The summed E-state index contributed by atoms with van der Waals surface area (Å²) in [5.41, 5.74) is 3.92. The lowest BCUT2D eigenvalue weighted by molar-refractivity contribution is 0.512. The summed E-state index contributed by atoms with van der Waals surface area (Å²) in [5.74, 6) is 5.93. The van der Waals surface area contributed by atoms with Crippen molar-refractivity contribution in [3.8, 4) is 0 Å². The summed E-state index contributed by atoms with van der Waals surface area (Å²) in [4.78, 5) is 0. The third-order valence-electron chi connectivity index (χ3n) is 4.48. The fraction of sp³-hybridized carbons (Fsp3) is 0.0476. The van der Waals surface area contributed by atoms with Gasteiger partial charge in [0.2, 0.25) is 0 Å². The van der Waals surface area contributed by atoms with Gasteiger partial charge in [0.25, 0.3) is 0 Å². The van der Waals surface area contributed by atoms with Crippen LogP contribution in [-0.2, 0) is 5.54 Å². The minimum Gasteiger partial charge on any atom is -0.270 e. The first-order valence-electron chi connectivity index (χ1n) is 7.52. The normalized spacial score (nSPS) is 13.6. The maximum Gasteiger partial charge on any atom is 0.0998 e. The molecule has 114 valence electrons. The summed E-state index contributed by atoms with van der Waals surface area (Å²) in [7, 11) is 0. The van der Waals surface area contributed by atoms with Crippen molar-refractivity contribution < 1.29 is 0 Å². The van der Waals surface area contributed by atoms with Crippen molar-refractivity contribution in [1.29, 1.82) is 0 Å². The Morgan fingerprint density at radius 1 is 0.957 bits per heavy atom. The standard InChI is InChI=1S/C21H20N2/c1-4-15(3)21(5-2,23-22)20-14-16-10-6-7-11-17(16)18-12-8-9-13-19(18)20/h4-14,23H,1-3,22H2. The van der Waals surface area contributed by atoms with Crippen LogP contribution in [0.2, 0.25) is 0 Å². The van der Waals surface area contributed by atoms with Crippen LogP contribution >= 0.6 is 0 Å². The van der Waals surface area contributed by atoms with E-state index in [0.717, 1.165) is 21.9 Å². The van der Waals surface area contributed by atoms with Crippen LogP contribution in [0.3, 0.4) is 0 Å². The van der Waals surface area contributed by atoms with E-state index in [9.17, 15) is 0 Å². The largest absolute Gasteiger partial charge is 0.270 e. The second kappa shape index (κ2) is 5.84. The number of hydrogen-bond acceptors (Lipinski definition) is 2. The van der Waals surface area contributed by atoms with Crippen molar-refractivity contribution >= 4 is 21.5 Å². The Morgan fingerprint density at radius 2 is 1.57 bits per heavy atom. The van der Waals surface area contributed by atoms with Crippen LogP contribution in [0.25, 0.3) is 21.5 Å². The summed E-state index contributed by atoms with van der Waals surface area (Å²) >= 11 is 0. The number of fused-ring (bicyclic) bond motifs is 3. The fourth-order valence-corrected chi connectivity index (χ4v) is 3.18. The van der Waals surface area contributed by atoms with Gasteiger partial charge < -0.3 is 0 Å². The molecule has 0 fully saturated rings. The predicted octanol–water partition coefficient (Wildman–Crippen LogP) is 4.58. The maximum atomic E-state index is 5.93. The zero-order valence-corrected chi connectivity index (χ0v) is 13.0. The molecule has 0 saturated carbocycles. The van der Waals surface area contributed by atoms with E-state index in [2.05, 4.69) is 61.6 Å². The summed E-state index contributed by atoms with van der Waals surface area (Å²) in [6.45, 7) is 12.0. The lowest BCUT2D eigenvalue weighted by Crippen LogP contribution is -2.46. The van der Waals surface area contributed by atoms with E-state index in [1.54, 1.807) is 12.2 Å². The van der Waals surface area contributed by atoms with Crippen LogP contribution in [-0.4, -0.2) is 0 Å². The van der Waals surface area contributed by atoms with Crippen molar-refractivity contribution in [3.63, 3.8) is 0 Å². The van der Waals surface area contributed by atoms with Crippen molar-refractivity contribution in [2.75, 3.05) is 0 Å². The van der Waals surface area contributed by atoms with E-state index in [0.29, 0.717) is 0 Å². The molecule has 0 bridgehead atoms. The highest BCUT2D eigenvalue weighted by molar-refractivity contribution is 6.09. The quantitative estimate of drug-likeness (QED) is 0.238. The third kappa shape index (κ3) is 2.20. The van der Waals surface area contributed by atoms with E-state index in [-0.39, 0.29) is 0 Å². The van der Waals surface area contributed by atoms with Gasteiger partial charge in [0.05, 0.1) is 5.54 Å². The number of hydrogen-bond donors (Lipinski definition) is 2. The Bertz CT molecular complexity index is 923.